The van der Waals surface area contributed by atoms with Crippen LogP contribution in [-0.2, 0) is 16.0 Å². The van der Waals surface area contributed by atoms with E-state index in [4.69, 9.17) is 5.11 Å². The van der Waals surface area contributed by atoms with Gasteiger partial charge < -0.3 is 10.4 Å². The van der Waals surface area contributed by atoms with Gasteiger partial charge in [-0.15, -0.1) is 11.3 Å². The number of nitrogens with zero attached hydrogens (tertiary/aromatic N) is 1. The number of carboxylic acid groups (broad SMARTS) is 1. The monoisotopic (exact) mass is 299 g/mol. The topological polar surface area (TPSA) is 108 Å². The number of hydrogen-bond donors (Lipinski definition) is 3. The van der Waals surface area contributed by atoms with Crippen LogP contribution in [0.3, 0.4) is 0 Å². The first-order valence-corrected chi connectivity index (χ1v) is 7.13. The molecule has 3 amide bonds. The number of thiazole rings is 1. The number of unbranched alkanes of at least 4 members (excludes halogenated alkanes) is 1. The number of imide groups is 1. The molecule has 0 atom stereocenters. The highest BCUT2D eigenvalue weighted by Crippen LogP contribution is 2.03. The van der Waals surface area contributed by atoms with Crippen molar-refractivity contribution < 1.29 is 19.5 Å². The van der Waals surface area contributed by atoms with Crippen LogP contribution in [0.4, 0.5) is 4.79 Å². The molecule has 0 fully saturated rings. The van der Waals surface area contributed by atoms with E-state index in [1.165, 1.54) is 11.3 Å². The van der Waals surface area contributed by atoms with Gasteiger partial charge in [-0.25, -0.2) is 9.78 Å². The number of hydrogen-bond acceptors (Lipinski definition) is 5. The molecule has 0 aliphatic carbocycles. The van der Waals surface area contributed by atoms with E-state index in [1.54, 1.807) is 6.20 Å². The van der Waals surface area contributed by atoms with Gasteiger partial charge in [0.05, 0.1) is 5.01 Å². The number of aromatic nitrogens is 1. The molecular weight excluding hydrogens is 282 g/mol. The maximum atomic E-state index is 11.4. The summed E-state index contributed by atoms with van der Waals surface area (Å²) in [5.41, 5.74) is 0. The van der Waals surface area contributed by atoms with Crippen molar-refractivity contribution in [1.82, 2.24) is 15.6 Å². The lowest BCUT2D eigenvalue weighted by Gasteiger charge is -2.05. The van der Waals surface area contributed by atoms with E-state index >= 15 is 0 Å². The molecule has 1 rings (SSSR count). The number of rotatable bonds is 8. The zero-order valence-corrected chi connectivity index (χ0v) is 11.7. The van der Waals surface area contributed by atoms with Crippen molar-refractivity contribution in [1.29, 1.82) is 0 Å². The average molecular weight is 299 g/mol. The molecule has 1 heterocycles. The van der Waals surface area contributed by atoms with E-state index in [0.29, 0.717) is 25.8 Å². The lowest BCUT2D eigenvalue weighted by Crippen LogP contribution is -2.40. The molecular formula is C12H17N3O4S. The molecule has 1 aromatic heterocycles. The third-order valence-electron chi connectivity index (χ3n) is 2.41. The number of carbonyl (C=O) groups is 3. The Balaban J connectivity index is 2.05. The summed E-state index contributed by atoms with van der Waals surface area (Å²) in [5.74, 6) is -1.28. The molecule has 110 valence electrons. The first kappa shape index (κ1) is 16.1. The Morgan fingerprint density at radius 3 is 2.65 bits per heavy atom. The molecule has 20 heavy (non-hydrogen) atoms. The number of carboxylic acids is 1. The number of carbonyl (C=O) groups excluding carboxylic acids is 2. The van der Waals surface area contributed by atoms with E-state index in [2.05, 4.69) is 15.6 Å². The Bertz CT molecular complexity index is 448. The fourth-order valence-electron chi connectivity index (χ4n) is 1.45. The van der Waals surface area contributed by atoms with Crippen LogP contribution >= 0.6 is 11.3 Å². The molecule has 0 saturated carbocycles. The second-order valence-corrected chi connectivity index (χ2v) is 5.06. The summed E-state index contributed by atoms with van der Waals surface area (Å²) in [4.78, 5) is 37.1. The fraction of sp³-hybridized carbons (Fsp3) is 0.500. The van der Waals surface area contributed by atoms with E-state index in [1.807, 2.05) is 5.38 Å². The van der Waals surface area contributed by atoms with E-state index in [0.717, 1.165) is 5.01 Å². The Morgan fingerprint density at radius 2 is 2.00 bits per heavy atom. The van der Waals surface area contributed by atoms with Gasteiger partial charge in [-0.2, -0.15) is 0 Å². The molecule has 7 nitrogen and oxygen atoms in total. The minimum Gasteiger partial charge on any atom is -0.481 e. The molecule has 0 aliphatic heterocycles. The number of urea groups is 1. The maximum Gasteiger partial charge on any atom is 0.321 e. The van der Waals surface area contributed by atoms with Gasteiger partial charge in [-0.3, -0.25) is 14.9 Å². The van der Waals surface area contributed by atoms with Crippen molar-refractivity contribution >= 4 is 29.2 Å². The largest absolute Gasteiger partial charge is 0.481 e. The lowest BCUT2D eigenvalue weighted by atomic mass is 10.2. The van der Waals surface area contributed by atoms with Gasteiger partial charge in [0.25, 0.3) is 0 Å². The van der Waals surface area contributed by atoms with Gasteiger partial charge in [-0.1, -0.05) is 0 Å². The summed E-state index contributed by atoms with van der Waals surface area (Å²) in [6, 6.07) is -0.537. The van der Waals surface area contributed by atoms with E-state index < -0.39 is 17.9 Å². The Morgan fingerprint density at radius 1 is 1.25 bits per heavy atom. The normalized spacial score (nSPS) is 10.0. The minimum atomic E-state index is -0.884. The van der Waals surface area contributed by atoms with Gasteiger partial charge in [0, 0.05) is 37.4 Å². The standard InChI is InChI=1S/C12H17N3O4S/c16-9(3-1-2-4-11(17)18)15-12(19)14-6-5-10-13-7-8-20-10/h7-8H,1-6H2,(H,17,18)(H2,14,15,16,19). The highest BCUT2D eigenvalue weighted by Gasteiger charge is 2.07. The van der Waals surface area contributed by atoms with Crippen molar-refractivity contribution in [2.24, 2.45) is 0 Å². The molecule has 0 radical (unpaired) electrons. The van der Waals surface area contributed by atoms with Crippen molar-refractivity contribution in [2.45, 2.75) is 32.1 Å². The van der Waals surface area contributed by atoms with Crippen LogP contribution in [0.25, 0.3) is 0 Å². The summed E-state index contributed by atoms with van der Waals surface area (Å²) in [7, 11) is 0. The van der Waals surface area contributed by atoms with Gasteiger partial charge in [-0.05, 0) is 12.8 Å². The number of amides is 3. The summed E-state index contributed by atoms with van der Waals surface area (Å²) in [6.45, 7) is 0.408. The zero-order chi connectivity index (χ0) is 14.8. The third kappa shape index (κ3) is 7.47. The van der Waals surface area contributed by atoms with Crippen LogP contribution in [0.15, 0.2) is 11.6 Å². The van der Waals surface area contributed by atoms with Crippen LogP contribution < -0.4 is 10.6 Å². The van der Waals surface area contributed by atoms with Crippen LogP contribution in [-0.4, -0.2) is 34.5 Å². The molecule has 0 aromatic carbocycles. The summed E-state index contributed by atoms with van der Waals surface area (Å²) >= 11 is 1.51. The summed E-state index contributed by atoms with van der Waals surface area (Å²) in [5, 5.41) is 16.0. The molecule has 1 aromatic rings. The van der Waals surface area contributed by atoms with Crippen molar-refractivity contribution in [3.63, 3.8) is 0 Å². The van der Waals surface area contributed by atoms with Gasteiger partial charge in [0.2, 0.25) is 5.91 Å². The lowest BCUT2D eigenvalue weighted by molar-refractivity contribution is -0.137. The van der Waals surface area contributed by atoms with E-state index in [9.17, 15) is 14.4 Å². The molecule has 3 N–H and O–H groups in total. The van der Waals surface area contributed by atoms with Gasteiger partial charge in [0.1, 0.15) is 0 Å². The van der Waals surface area contributed by atoms with Crippen LogP contribution in [0.2, 0.25) is 0 Å². The number of nitrogens with one attached hydrogen (secondary N) is 2. The van der Waals surface area contributed by atoms with Gasteiger partial charge in [0.15, 0.2) is 0 Å². The quantitative estimate of drug-likeness (QED) is 0.624. The first-order valence-electron chi connectivity index (χ1n) is 6.26. The summed E-state index contributed by atoms with van der Waals surface area (Å²) < 4.78 is 0. The van der Waals surface area contributed by atoms with Crippen LogP contribution in [0.5, 0.6) is 0 Å². The smallest absolute Gasteiger partial charge is 0.321 e. The fourth-order valence-corrected chi connectivity index (χ4v) is 2.07. The average Bonchev–Trinajstić information content (AvgIpc) is 2.87. The zero-order valence-electron chi connectivity index (χ0n) is 10.9. The second kappa shape index (κ2) is 9.03. The molecule has 8 heteroatoms. The Hall–Kier alpha value is -1.96. The molecule has 0 aliphatic rings. The summed E-state index contributed by atoms with van der Waals surface area (Å²) in [6.07, 6.45) is 3.37. The SMILES string of the molecule is O=C(O)CCCCC(=O)NC(=O)NCCc1nccs1. The van der Waals surface area contributed by atoms with Gasteiger partial charge >= 0.3 is 12.0 Å². The maximum absolute atomic E-state index is 11.4. The highest BCUT2D eigenvalue weighted by atomic mass is 32.1. The van der Waals surface area contributed by atoms with Crippen LogP contribution in [0.1, 0.15) is 30.7 Å². The second-order valence-electron chi connectivity index (χ2n) is 4.08. The Kier molecular flexibility index (Phi) is 7.26. The van der Waals surface area contributed by atoms with Crippen molar-refractivity contribution in [3.8, 4) is 0 Å². The minimum absolute atomic E-state index is 0.0350. The molecule has 0 bridgehead atoms. The van der Waals surface area contributed by atoms with Crippen molar-refractivity contribution in [2.75, 3.05) is 6.54 Å². The van der Waals surface area contributed by atoms with Crippen molar-refractivity contribution in [3.05, 3.63) is 16.6 Å². The first-order chi connectivity index (χ1) is 9.58. The molecule has 0 unspecified atom stereocenters. The van der Waals surface area contributed by atoms with Crippen LogP contribution in [0, 0.1) is 0 Å². The molecule has 0 spiro atoms. The number of aliphatic carboxylic acids is 1. The predicted octanol–water partition coefficient (Wildman–Crippen LogP) is 1.16. The highest BCUT2D eigenvalue weighted by molar-refractivity contribution is 7.09. The van der Waals surface area contributed by atoms with E-state index in [-0.39, 0.29) is 12.8 Å². The molecule has 0 saturated heterocycles. The predicted molar refractivity (Wildman–Crippen MR) is 73.5 cm³/mol. The third-order valence-corrected chi connectivity index (χ3v) is 3.24. The Labute approximate surface area is 120 Å².